The van der Waals surface area contributed by atoms with E-state index in [0.717, 1.165) is 42.4 Å². The van der Waals surface area contributed by atoms with E-state index in [1.54, 1.807) is 23.1 Å². The minimum atomic E-state index is -0.758. The lowest BCUT2D eigenvalue weighted by molar-refractivity contribution is -0.117. The second kappa shape index (κ2) is 7.25. The Morgan fingerprint density at radius 3 is 2.36 bits per heavy atom. The SMILES string of the molecule is O=C(/C=C/c1ccc(N2CCCC2=O)cc1)Nc1cc(F)cc(F)c1. The second-order valence-electron chi connectivity index (χ2n) is 5.72. The van der Waals surface area contributed by atoms with Crippen molar-refractivity contribution in [3.63, 3.8) is 0 Å². The van der Waals surface area contributed by atoms with Gasteiger partial charge in [-0.15, -0.1) is 0 Å². The van der Waals surface area contributed by atoms with Gasteiger partial charge in [0.2, 0.25) is 11.8 Å². The highest BCUT2D eigenvalue weighted by Gasteiger charge is 2.21. The standard InChI is InChI=1S/C19H16F2N2O2/c20-14-10-15(21)12-16(11-14)22-18(24)8-5-13-3-6-17(7-4-13)23-9-1-2-19(23)25/h3-8,10-12H,1-2,9H2,(H,22,24)/b8-5+. The number of anilines is 2. The van der Waals surface area contributed by atoms with Crippen molar-refractivity contribution in [2.75, 3.05) is 16.8 Å². The Morgan fingerprint density at radius 1 is 1.08 bits per heavy atom. The van der Waals surface area contributed by atoms with Crippen LogP contribution in [0.1, 0.15) is 18.4 Å². The van der Waals surface area contributed by atoms with Gasteiger partial charge < -0.3 is 10.2 Å². The normalized spacial score (nSPS) is 14.3. The molecular weight excluding hydrogens is 326 g/mol. The highest BCUT2D eigenvalue weighted by atomic mass is 19.1. The molecule has 128 valence electrons. The Kier molecular flexibility index (Phi) is 4.88. The monoisotopic (exact) mass is 342 g/mol. The van der Waals surface area contributed by atoms with Crippen molar-refractivity contribution < 1.29 is 18.4 Å². The summed E-state index contributed by atoms with van der Waals surface area (Å²) >= 11 is 0. The van der Waals surface area contributed by atoms with E-state index in [4.69, 9.17) is 0 Å². The molecule has 0 spiro atoms. The quantitative estimate of drug-likeness (QED) is 0.861. The first-order valence-electron chi connectivity index (χ1n) is 7.87. The van der Waals surface area contributed by atoms with Crippen LogP contribution in [0, 0.1) is 11.6 Å². The zero-order valence-corrected chi connectivity index (χ0v) is 13.3. The summed E-state index contributed by atoms with van der Waals surface area (Å²) in [4.78, 5) is 25.3. The number of carbonyl (C=O) groups is 2. The zero-order chi connectivity index (χ0) is 17.8. The number of halogens is 2. The average Bonchev–Trinajstić information content (AvgIpc) is 2.98. The topological polar surface area (TPSA) is 49.4 Å². The smallest absolute Gasteiger partial charge is 0.248 e. The molecule has 3 rings (SSSR count). The van der Waals surface area contributed by atoms with Gasteiger partial charge in [0.05, 0.1) is 0 Å². The molecule has 0 aromatic heterocycles. The Labute approximate surface area is 143 Å². The lowest BCUT2D eigenvalue weighted by atomic mass is 10.2. The molecule has 1 aliphatic rings. The fourth-order valence-electron chi connectivity index (χ4n) is 2.67. The number of nitrogens with one attached hydrogen (secondary N) is 1. The molecule has 0 radical (unpaired) electrons. The number of hydrogen-bond donors (Lipinski definition) is 1. The van der Waals surface area contributed by atoms with Crippen molar-refractivity contribution in [3.05, 3.63) is 65.7 Å². The van der Waals surface area contributed by atoms with Crippen LogP contribution in [-0.2, 0) is 9.59 Å². The van der Waals surface area contributed by atoms with Gasteiger partial charge in [-0.3, -0.25) is 9.59 Å². The van der Waals surface area contributed by atoms with Crippen LogP contribution in [0.3, 0.4) is 0 Å². The van der Waals surface area contributed by atoms with Crippen LogP contribution in [-0.4, -0.2) is 18.4 Å². The van der Waals surface area contributed by atoms with E-state index in [0.29, 0.717) is 6.42 Å². The van der Waals surface area contributed by atoms with Gasteiger partial charge in [0.25, 0.3) is 0 Å². The third-order valence-electron chi connectivity index (χ3n) is 3.84. The van der Waals surface area contributed by atoms with Crippen LogP contribution >= 0.6 is 0 Å². The molecule has 2 aromatic carbocycles. The summed E-state index contributed by atoms with van der Waals surface area (Å²) in [5, 5.41) is 2.40. The van der Waals surface area contributed by atoms with Crippen LogP contribution < -0.4 is 10.2 Å². The van der Waals surface area contributed by atoms with Gasteiger partial charge in [0.15, 0.2) is 0 Å². The molecule has 25 heavy (non-hydrogen) atoms. The average molecular weight is 342 g/mol. The summed E-state index contributed by atoms with van der Waals surface area (Å²) < 4.78 is 26.2. The van der Waals surface area contributed by atoms with Crippen molar-refractivity contribution in [2.45, 2.75) is 12.8 Å². The first-order chi connectivity index (χ1) is 12.0. The van der Waals surface area contributed by atoms with E-state index in [2.05, 4.69) is 5.32 Å². The summed E-state index contributed by atoms with van der Waals surface area (Å²) in [6.07, 6.45) is 4.29. The molecule has 1 saturated heterocycles. The van der Waals surface area contributed by atoms with Crippen molar-refractivity contribution >= 4 is 29.3 Å². The summed E-state index contributed by atoms with van der Waals surface area (Å²) in [5.74, 6) is -1.90. The molecular formula is C19H16F2N2O2. The third kappa shape index (κ3) is 4.29. The first kappa shape index (κ1) is 16.8. The summed E-state index contributed by atoms with van der Waals surface area (Å²) in [6.45, 7) is 0.723. The number of rotatable bonds is 4. The Bertz CT molecular complexity index is 812. The molecule has 0 aliphatic carbocycles. The van der Waals surface area contributed by atoms with E-state index in [1.807, 2.05) is 12.1 Å². The van der Waals surface area contributed by atoms with Crippen molar-refractivity contribution in [3.8, 4) is 0 Å². The van der Waals surface area contributed by atoms with E-state index < -0.39 is 17.5 Å². The van der Waals surface area contributed by atoms with Gasteiger partial charge in [-0.2, -0.15) is 0 Å². The van der Waals surface area contributed by atoms with Crippen LogP contribution in [0.2, 0.25) is 0 Å². The van der Waals surface area contributed by atoms with Gasteiger partial charge >= 0.3 is 0 Å². The molecule has 0 bridgehead atoms. The maximum Gasteiger partial charge on any atom is 0.248 e. The van der Waals surface area contributed by atoms with E-state index >= 15 is 0 Å². The first-order valence-corrected chi connectivity index (χ1v) is 7.87. The van der Waals surface area contributed by atoms with Crippen molar-refractivity contribution in [2.24, 2.45) is 0 Å². The van der Waals surface area contributed by atoms with E-state index in [-0.39, 0.29) is 11.6 Å². The minimum Gasteiger partial charge on any atom is -0.322 e. The third-order valence-corrected chi connectivity index (χ3v) is 3.84. The molecule has 2 amide bonds. The summed E-state index contributed by atoms with van der Waals surface area (Å²) in [6, 6.07) is 10.1. The van der Waals surface area contributed by atoms with Gasteiger partial charge in [0.1, 0.15) is 11.6 Å². The van der Waals surface area contributed by atoms with Crippen molar-refractivity contribution in [1.29, 1.82) is 0 Å². The second-order valence-corrected chi connectivity index (χ2v) is 5.72. The Balaban J connectivity index is 1.63. The summed E-state index contributed by atoms with van der Waals surface area (Å²) in [5.41, 5.74) is 1.66. The van der Waals surface area contributed by atoms with Crippen molar-refractivity contribution in [1.82, 2.24) is 0 Å². The van der Waals surface area contributed by atoms with Crippen LogP contribution in [0.4, 0.5) is 20.2 Å². The van der Waals surface area contributed by atoms with E-state index in [9.17, 15) is 18.4 Å². The molecule has 4 nitrogen and oxygen atoms in total. The maximum absolute atomic E-state index is 13.1. The molecule has 1 fully saturated rings. The lowest BCUT2D eigenvalue weighted by Gasteiger charge is -2.15. The Morgan fingerprint density at radius 2 is 1.76 bits per heavy atom. The fraction of sp³-hybridized carbons (Fsp3) is 0.158. The molecule has 6 heteroatoms. The highest BCUT2D eigenvalue weighted by molar-refractivity contribution is 6.02. The molecule has 0 atom stereocenters. The molecule has 0 saturated carbocycles. The number of amides is 2. The van der Waals surface area contributed by atoms with Gasteiger partial charge in [0, 0.05) is 36.5 Å². The maximum atomic E-state index is 13.1. The largest absolute Gasteiger partial charge is 0.322 e. The molecule has 1 heterocycles. The molecule has 0 unspecified atom stereocenters. The van der Waals surface area contributed by atoms with Gasteiger partial charge in [-0.05, 0) is 42.3 Å². The minimum absolute atomic E-state index is 0.0510. The number of benzene rings is 2. The summed E-state index contributed by atoms with van der Waals surface area (Å²) in [7, 11) is 0. The predicted molar refractivity (Wildman–Crippen MR) is 92.1 cm³/mol. The van der Waals surface area contributed by atoms with Crippen LogP contribution in [0.25, 0.3) is 6.08 Å². The lowest BCUT2D eigenvalue weighted by Crippen LogP contribution is -2.23. The van der Waals surface area contributed by atoms with Gasteiger partial charge in [-0.25, -0.2) is 8.78 Å². The Hall–Kier alpha value is -3.02. The molecule has 2 aromatic rings. The number of hydrogen-bond acceptors (Lipinski definition) is 2. The fourth-order valence-corrected chi connectivity index (χ4v) is 2.67. The van der Waals surface area contributed by atoms with E-state index in [1.165, 1.54) is 6.08 Å². The zero-order valence-electron chi connectivity index (χ0n) is 13.3. The molecule has 1 N–H and O–H groups in total. The highest BCUT2D eigenvalue weighted by Crippen LogP contribution is 2.22. The van der Waals surface area contributed by atoms with Crippen LogP contribution in [0.15, 0.2) is 48.5 Å². The predicted octanol–water partition coefficient (Wildman–Crippen LogP) is 3.74. The number of carbonyl (C=O) groups excluding carboxylic acids is 2. The van der Waals surface area contributed by atoms with Gasteiger partial charge in [-0.1, -0.05) is 12.1 Å². The van der Waals surface area contributed by atoms with Crippen LogP contribution in [0.5, 0.6) is 0 Å². The molecule has 1 aliphatic heterocycles. The number of nitrogens with zero attached hydrogens (tertiary/aromatic N) is 1.